The minimum absolute atomic E-state index is 0.106. The lowest BCUT2D eigenvalue weighted by molar-refractivity contribution is -0.384. The number of nitro benzene ring substituents is 1. The Morgan fingerprint density at radius 1 is 1.18 bits per heavy atom. The van der Waals surface area contributed by atoms with Gasteiger partial charge in [0.25, 0.3) is 5.69 Å². The Balaban J connectivity index is 2.09. The van der Waals surface area contributed by atoms with Crippen LogP contribution in [-0.4, -0.2) is 14.3 Å². The molecule has 0 aliphatic rings. The molecule has 0 unspecified atom stereocenters. The molecule has 1 aromatic carbocycles. The van der Waals surface area contributed by atoms with Crippen molar-refractivity contribution in [1.82, 2.24) is 9.38 Å². The van der Waals surface area contributed by atoms with Gasteiger partial charge in [0.05, 0.1) is 16.2 Å². The summed E-state index contributed by atoms with van der Waals surface area (Å²) in [4.78, 5) is 14.3. The van der Waals surface area contributed by atoms with Gasteiger partial charge in [-0.1, -0.05) is 12.1 Å². The van der Waals surface area contributed by atoms with Crippen molar-refractivity contribution in [3.05, 3.63) is 64.5 Å². The second-order valence-electron chi connectivity index (χ2n) is 4.61. The van der Waals surface area contributed by atoms with Gasteiger partial charge < -0.3 is 4.40 Å². The zero-order valence-corrected chi connectivity index (χ0v) is 10.9. The van der Waals surface area contributed by atoms with Crippen LogP contribution in [-0.2, 0) is 6.18 Å². The number of non-ortho nitro benzene ring substituents is 1. The number of aromatic nitrogens is 2. The van der Waals surface area contributed by atoms with Crippen LogP contribution in [0.2, 0.25) is 0 Å². The van der Waals surface area contributed by atoms with E-state index < -0.39 is 16.7 Å². The van der Waals surface area contributed by atoms with Gasteiger partial charge in [-0.15, -0.1) is 0 Å². The second kappa shape index (κ2) is 4.83. The number of imidazole rings is 1. The van der Waals surface area contributed by atoms with Gasteiger partial charge in [-0.25, -0.2) is 4.98 Å². The quantitative estimate of drug-likeness (QED) is 0.532. The summed E-state index contributed by atoms with van der Waals surface area (Å²) in [6.45, 7) is 0. The summed E-state index contributed by atoms with van der Waals surface area (Å²) in [6.07, 6.45) is -1.67. The van der Waals surface area contributed by atoms with E-state index in [1.807, 2.05) is 0 Å². The fourth-order valence-corrected chi connectivity index (χ4v) is 2.08. The van der Waals surface area contributed by atoms with Crippen LogP contribution in [0.4, 0.5) is 18.9 Å². The molecule has 112 valence electrons. The molecule has 0 fully saturated rings. The molecule has 0 bridgehead atoms. The number of nitro groups is 1. The minimum Gasteiger partial charge on any atom is -0.306 e. The lowest BCUT2D eigenvalue weighted by Crippen LogP contribution is -2.05. The number of benzene rings is 1. The van der Waals surface area contributed by atoms with Crippen LogP contribution in [0.1, 0.15) is 5.56 Å². The Morgan fingerprint density at radius 3 is 2.64 bits per heavy atom. The Kier molecular flexibility index (Phi) is 3.09. The Labute approximate surface area is 121 Å². The molecule has 0 saturated heterocycles. The van der Waals surface area contributed by atoms with Crippen molar-refractivity contribution >= 4 is 11.3 Å². The summed E-state index contributed by atoms with van der Waals surface area (Å²) in [5, 5.41) is 10.8. The molecule has 2 heterocycles. The van der Waals surface area contributed by atoms with E-state index in [0.717, 1.165) is 12.1 Å². The zero-order valence-electron chi connectivity index (χ0n) is 10.9. The molecule has 5 nitrogen and oxygen atoms in total. The van der Waals surface area contributed by atoms with Crippen molar-refractivity contribution in [1.29, 1.82) is 0 Å². The first-order valence-electron chi connectivity index (χ1n) is 6.15. The van der Waals surface area contributed by atoms with E-state index >= 15 is 0 Å². The van der Waals surface area contributed by atoms with Crippen molar-refractivity contribution < 1.29 is 18.1 Å². The van der Waals surface area contributed by atoms with E-state index in [9.17, 15) is 23.3 Å². The van der Waals surface area contributed by atoms with E-state index in [4.69, 9.17) is 0 Å². The fraction of sp³-hybridized carbons (Fsp3) is 0.0714. The van der Waals surface area contributed by atoms with E-state index in [2.05, 4.69) is 4.98 Å². The molecule has 3 aromatic rings. The van der Waals surface area contributed by atoms with Crippen molar-refractivity contribution in [3.8, 4) is 11.3 Å². The highest BCUT2D eigenvalue weighted by atomic mass is 19.4. The van der Waals surface area contributed by atoms with Gasteiger partial charge in [0.1, 0.15) is 5.65 Å². The monoisotopic (exact) mass is 307 g/mol. The normalized spacial score (nSPS) is 11.8. The number of alkyl halides is 3. The van der Waals surface area contributed by atoms with Gasteiger partial charge >= 0.3 is 6.18 Å². The maximum Gasteiger partial charge on any atom is 0.416 e. The van der Waals surface area contributed by atoms with Gasteiger partial charge in [0.15, 0.2) is 0 Å². The predicted molar refractivity (Wildman–Crippen MR) is 72.3 cm³/mol. The van der Waals surface area contributed by atoms with Crippen LogP contribution < -0.4 is 0 Å². The summed E-state index contributed by atoms with van der Waals surface area (Å²) < 4.78 is 39.5. The first-order valence-corrected chi connectivity index (χ1v) is 6.15. The summed E-state index contributed by atoms with van der Waals surface area (Å²) in [5.74, 6) is 0. The van der Waals surface area contributed by atoms with Crippen molar-refractivity contribution in [2.45, 2.75) is 6.18 Å². The molecular weight excluding hydrogens is 299 g/mol. The number of halogens is 3. The van der Waals surface area contributed by atoms with E-state index in [1.54, 1.807) is 6.07 Å². The van der Waals surface area contributed by atoms with Gasteiger partial charge in [-0.05, 0) is 12.1 Å². The van der Waals surface area contributed by atoms with Crippen LogP contribution in [0, 0.1) is 10.1 Å². The minimum atomic E-state index is -4.45. The van der Waals surface area contributed by atoms with Gasteiger partial charge in [-0.3, -0.25) is 10.1 Å². The van der Waals surface area contributed by atoms with Gasteiger partial charge in [0.2, 0.25) is 0 Å². The largest absolute Gasteiger partial charge is 0.416 e. The van der Waals surface area contributed by atoms with Crippen LogP contribution in [0.15, 0.2) is 48.8 Å². The Morgan fingerprint density at radius 2 is 1.95 bits per heavy atom. The summed E-state index contributed by atoms with van der Waals surface area (Å²) in [6, 6.07) is 7.65. The Bertz CT molecular complexity index is 871. The molecule has 0 aliphatic carbocycles. The van der Waals surface area contributed by atoms with Crippen molar-refractivity contribution in [2.75, 3.05) is 0 Å². The van der Waals surface area contributed by atoms with Crippen molar-refractivity contribution in [2.24, 2.45) is 0 Å². The maximum atomic E-state index is 12.7. The molecule has 0 radical (unpaired) electrons. The molecule has 0 amide bonds. The standard InChI is InChI=1S/C14H8F3N3O2/c15-14(16,17)10-4-5-19-8-12(18-13(19)7-10)9-2-1-3-11(6-9)20(21)22/h1-8H. The second-order valence-corrected chi connectivity index (χ2v) is 4.61. The first kappa shape index (κ1) is 14.1. The molecule has 0 spiro atoms. The lowest BCUT2D eigenvalue weighted by atomic mass is 10.1. The SMILES string of the molecule is O=[N+]([O-])c1cccc(-c2cn3ccc(C(F)(F)F)cc3n2)c1. The molecular formula is C14H8F3N3O2. The molecule has 22 heavy (non-hydrogen) atoms. The summed E-state index contributed by atoms with van der Waals surface area (Å²) in [7, 11) is 0. The number of hydrogen-bond acceptors (Lipinski definition) is 3. The smallest absolute Gasteiger partial charge is 0.306 e. The molecule has 0 aliphatic heterocycles. The van der Waals surface area contributed by atoms with E-state index in [0.29, 0.717) is 11.3 Å². The lowest BCUT2D eigenvalue weighted by Gasteiger charge is -2.05. The predicted octanol–water partition coefficient (Wildman–Crippen LogP) is 3.93. The third-order valence-electron chi connectivity index (χ3n) is 3.14. The average Bonchev–Trinajstić information content (AvgIpc) is 2.89. The third-order valence-corrected chi connectivity index (χ3v) is 3.14. The summed E-state index contributed by atoms with van der Waals surface area (Å²) >= 11 is 0. The highest BCUT2D eigenvalue weighted by Gasteiger charge is 2.30. The Hall–Kier alpha value is -2.90. The van der Waals surface area contributed by atoms with Crippen LogP contribution in [0.25, 0.3) is 16.9 Å². The van der Waals surface area contributed by atoms with Gasteiger partial charge in [0, 0.05) is 30.1 Å². The molecule has 0 atom stereocenters. The number of rotatable bonds is 2. The van der Waals surface area contributed by atoms with Crippen LogP contribution >= 0.6 is 0 Å². The number of nitrogens with zero attached hydrogens (tertiary/aromatic N) is 3. The number of hydrogen-bond donors (Lipinski definition) is 0. The van der Waals surface area contributed by atoms with E-state index in [1.165, 1.54) is 35.0 Å². The highest BCUT2D eigenvalue weighted by molar-refractivity contribution is 5.65. The zero-order chi connectivity index (χ0) is 15.9. The molecule has 0 saturated carbocycles. The molecule has 2 aromatic heterocycles. The topological polar surface area (TPSA) is 60.4 Å². The molecule has 0 N–H and O–H groups in total. The number of pyridine rings is 1. The average molecular weight is 307 g/mol. The van der Waals surface area contributed by atoms with Crippen LogP contribution in [0.5, 0.6) is 0 Å². The van der Waals surface area contributed by atoms with E-state index in [-0.39, 0.29) is 11.3 Å². The number of fused-ring (bicyclic) bond motifs is 1. The first-order chi connectivity index (χ1) is 10.3. The summed E-state index contributed by atoms with van der Waals surface area (Å²) in [5.41, 5.74) is 0.0487. The third kappa shape index (κ3) is 2.50. The maximum absolute atomic E-state index is 12.7. The fourth-order valence-electron chi connectivity index (χ4n) is 2.08. The molecule has 3 rings (SSSR count). The highest BCUT2D eigenvalue weighted by Crippen LogP contribution is 2.30. The van der Waals surface area contributed by atoms with Crippen LogP contribution in [0.3, 0.4) is 0 Å². The van der Waals surface area contributed by atoms with Crippen molar-refractivity contribution in [3.63, 3.8) is 0 Å². The molecule has 8 heteroatoms. The van der Waals surface area contributed by atoms with Gasteiger partial charge in [-0.2, -0.15) is 13.2 Å².